The van der Waals surface area contributed by atoms with Crippen LogP contribution >= 0.6 is 0 Å². The maximum absolute atomic E-state index is 10.7. The molecule has 0 aromatic heterocycles. The third-order valence-corrected chi connectivity index (χ3v) is 4.46. The number of rotatable bonds is 5. The lowest BCUT2D eigenvalue weighted by Gasteiger charge is -2.24. The van der Waals surface area contributed by atoms with Crippen molar-refractivity contribution in [3.05, 3.63) is 35.4 Å². The zero-order valence-electron chi connectivity index (χ0n) is 10.8. The second-order valence-corrected chi connectivity index (χ2v) is 5.74. The maximum atomic E-state index is 10.7. The summed E-state index contributed by atoms with van der Waals surface area (Å²) in [6.07, 6.45) is 6.49. The van der Waals surface area contributed by atoms with Crippen LogP contribution in [-0.2, 0) is 0 Å². The van der Waals surface area contributed by atoms with Crippen LogP contribution in [0.4, 0.5) is 0 Å². The summed E-state index contributed by atoms with van der Waals surface area (Å²) >= 11 is 0. The Morgan fingerprint density at radius 2 is 1.83 bits per heavy atom. The summed E-state index contributed by atoms with van der Waals surface area (Å²) in [6.45, 7) is 3.76. The van der Waals surface area contributed by atoms with E-state index in [-0.39, 0.29) is 0 Å². The summed E-state index contributed by atoms with van der Waals surface area (Å²) in [4.78, 5) is 13.2. The van der Waals surface area contributed by atoms with E-state index in [1.807, 2.05) is 12.1 Å². The van der Waals surface area contributed by atoms with Crippen LogP contribution in [0.25, 0.3) is 0 Å². The van der Waals surface area contributed by atoms with E-state index < -0.39 is 0 Å². The molecule has 1 heterocycles. The van der Waals surface area contributed by atoms with Gasteiger partial charge >= 0.3 is 0 Å². The molecule has 0 spiro atoms. The summed E-state index contributed by atoms with van der Waals surface area (Å²) in [6, 6.07) is 8.26. The highest BCUT2D eigenvalue weighted by Crippen LogP contribution is 2.38. The lowest BCUT2D eigenvalue weighted by molar-refractivity contribution is 0.112. The SMILES string of the molecule is O=Cc1ccc(C(CN2CC2)C2CCCC2)cc1. The summed E-state index contributed by atoms with van der Waals surface area (Å²) < 4.78 is 0. The minimum Gasteiger partial charge on any atom is -0.300 e. The fourth-order valence-electron chi connectivity index (χ4n) is 3.24. The molecule has 2 nitrogen and oxygen atoms in total. The molecule has 2 heteroatoms. The first-order valence-electron chi connectivity index (χ1n) is 7.14. The van der Waals surface area contributed by atoms with Gasteiger partial charge < -0.3 is 4.90 Å². The van der Waals surface area contributed by atoms with E-state index >= 15 is 0 Å². The van der Waals surface area contributed by atoms with Gasteiger partial charge in [0.15, 0.2) is 0 Å². The first-order valence-corrected chi connectivity index (χ1v) is 7.14. The highest BCUT2D eigenvalue weighted by molar-refractivity contribution is 5.74. The first-order chi connectivity index (χ1) is 8.86. The number of nitrogens with zero attached hydrogens (tertiary/aromatic N) is 1. The highest BCUT2D eigenvalue weighted by atomic mass is 16.1. The Kier molecular flexibility index (Phi) is 3.46. The Balaban J connectivity index is 1.78. The lowest BCUT2D eigenvalue weighted by atomic mass is 9.84. The van der Waals surface area contributed by atoms with Gasteiger partial charge in [0, 0.05) is 25.2 Å². The fraction of sp³-hybridized carbons (Fsp3) is 0.562. The zero-order valence-corrected chi connectivity index (χ0v) is 10.8. The van der Waals surface area contributed by atoms with E-state index in [1.165, 1.54) is 50.9 Å². The number of hydrogen-bond donors (Lipinski definition) is 0. The van der Waals surface area contributed by atoms with Crippen molar-refractivity contribution in [1.82, 2.24) is 4.90 Å². The van der Waals surface area contributed by atoms with Crippen LogP contribution in [0.3, 0.4) is 0 Å². The Bertz CT molecular complexity index is 402. The largest absolute Gasteiger partial charge is 0.300 e. The van der Waals surface area contributed by atoms with Crippen LogP contribution in [0.15, 0.2) is 24.3 Å². The Labute approximate surface area is 109 Å². The van der Waals surface area contributed by atoms with Crippen molar-refractivity contribution in [1.29, 1.82) is 0 Å². The van der Waals surface area contributed by atoms with Gasteiger partial charge in [-0.3, -0.25) is 4.79 Å². The molecular formula is C16H21NO. The summed E-state index contributed by atoms with van der Waals surface area (Å²) in [5.41, 5.74) is 2.22. The van der Waals surface area contributed by atoms with Crippen molar-refractivity contribution in [2.45, 2.75) is 31.6 Å². The summed E-state index contributed by atoms with van der Waals surface area (Å²) in [7, 11) is 0. The van der Waals surface area contributed by atoms with Gasteiger partial charge in [0.25, 0.3) is 0 Å². The van der Waals surface area contributed by atoms with Gasteiger partial charge in [0.2, 0.25) is 0 Å². The summed E-state index contributed by atoms with van der Waals surface area (Å²) in [5.74, 6) is 1.53. The van der Waals surface area contributed by atoms with Crippen LogP contribution < -0.4 is 0 Å². The first kappa shape index (κ1) is 11.9. The summed E-state index contributed by atoms with van der Waals surface area (Å²) in [5, 5.41) is 0. The third kappa shape index (κ3) is 2.64. The van der Waals surface area contributed by atoms with Gasteiger partial charge in [-0.2, -0.15) is 0 Å². The second kappa shape index (κ2) is 5.23. The quantitative estimate of drug-likeness (QED) is 0.585. The smallest absolute Gasteiger partial charge is 0.150 e. The van der Waals surface area contributed by atoms with E-state index in [1.54, 1.807) is 0 Å². The van der Waals surface area contributed by atoms with Gasteiger partial charge in [0.1, 0.15) is 6.29 Å². The van der Waals surface area contributed by atoms with Gasteiger partial charge in [-0.1, -0.05) is 37.1 Å². The number of carbonyl (C=O) groups excluding carboxylic acids is 1. The standard InChI is InChI=1S/C16H21NO/c18-12-13-5-7-15(8-6-13)16(11-17-9-10-17)14-3-1-2-4-14/h5-8,12,14,16H,1-4,9-11H2. The minimum atomic E-state index is 0.677. The fourth-order valence-corrected chi connectivity index (χ4v) is 3.24. The molecule has 0 N–H and O–H groups in total. The average Bonchev–Trinajstić information content (AvgIpc) is 3.08. The van der Waals surface area contributed by atoms with Crippen molar-refractivity contribution in [3.8, 4) is 0 Å². The molecule has 1 aliphatic carbocycles. The lowest BCUT2D eigenvalue weighted by Crippen LogP contribution is -2.19. The highest BCUT2D eigenvalue weighted by Gasteiger charge is 2.30. The molecule has 1 saturated carbocycles. The average molecular weight is 243 g/mol. The van der Waals surface area contributed by atoms with Crippen molar-refractivity contribution in [2.75, 3.05) is 19.6 Å². The molecule has 0 radical (unpaired) electrons. The van der Waals surface area contributed by atoms with Crippen molar-refractivity contribution in [3.63, 3.8) is 0 Å². The molecule has 96 valence electrons. The number of benzene rings is 1. The molecule has 1 aromatic rings. The van der Waals surface area contributed by atoms with E-state index in [0.29, 0.717) is 5.92 Å². The Hall–Kier alpha value is -1.15. The molecule has 2 fully saturated rings. The normalized spacial score (nSPS) is 22.0. The Morgan fingerprint density at radius 1 is 1.17 bits per heavy atom. The monoisotopic (exact) mass is 243 g/mol. The van der Waals surface area contributed by atoms with Gasteiger partial charge in [0.05, 0.1) is 0 Å². The molecule has 1 atom stereocenters. The van der Waals surface area contributed by atoms with Crippen LogP contribution in [0.2, 0.25) is 0 Å². The molecule has 1 aliphatic heterocycles. The topological polar surface area (TPSA) is 20.1 Å². The molecule has 18 heavy (non-hydrogen) atoms. The van der Waals surface area contributed by atoms with Gasteiger partial charge in [-0.05, 0) is 30.2 Å². The third-order valence-electron chi connectivity index (χ3n) is 4.46. The number of hydrogen-bond acceptors (Lipinski definition) is 2. The second-order valence-electron chi connectivity index (χ2n) is 5.74. The molecule has 0 amide bonds. The van der Waals surface area contributed by atoms with Crippen LogP contribution in [0, 0.1) is 5.92 Å². The van der Waals surface area contributed by atoms with E-state index in [0.717, 1.165) is 17.8 Å². The van der Waals surface area contributed by atoms with E-state index in [4.69, 9.17) is 0 Å². The van der Waals surface area contributed by atoms with Crippen molar-refractivity contribution in [2.24, 2.45) is 5.92 Å². The van der Waals surface area contributed by atoms with Crippen molar-refractivity contribution >= 4 is 6.29 Å². The van der Waals surface area contributed by atoms with E-state index in [2.05, 4.69) is 17.0 Å². The predicted octanol–water partition coefficient (Wildman–Crippen LogP) is 3.09. The molecule has 2 aliphatic rings. The molecule has 0 bridgehead atoms. The van der Waals surface area contributed by atoms with Crippen molar-refractivity contribution < 1.29 is 4.79 Å². The molecule has 1 aromatic carbocycles. The van der Waals surface area contributed by atoms with Crippen LogP contribution in [-0.4, -0.2) is 30.8 Å². The number of aldehydes is 1. The molecular weight excluding hydrogens is 222 g/mol. The van der Waals surface area contributed by atoms with Crippen LogP contribution in [0.5, 0.6) is 0 Å². The van der Waals surface area contributed by atoms with Gasteiger partial charge in [-0.25, -0.2) is 0 Å². The van der Waals surface area contributed by atoms with E-state index in [9.17, 15) is 4.79 Å². The zero-order chi connectivity index (χ0) is 12.4. The predicted molar refractivity (Wildman–Crippen MR) is 73.0 cm³/mol. The molecule has 1 saturated heterocycles. The minimum absolute atomic E-state index is 0.677. The molecule has 3 rings (SSSR count). The molecule has 1 unspecified atom stereocenters. The number of carbonyl (C=O) groups is 1. The Morgan fingerprint density at radius 3 is 2.39 bits per heavy atom. The maximum Gasteiger partial charge on any atom is 0.150 e. The van der Waals surface area contributed by atoms with Gasteiger partial charge in [-0.15, -0.1) is 0 Å². The van der Waals surface area contributed by atoms with Crippen LogP contribution in [0.1, 0.15) is 47.5 Å².